The summed E-state index contributed by atoms with van der Waals surface area (Å²) in [5, 5.41) is 10.9. The van der Waals surface area contributed by atoms with E-state index in [0.29, 0.717) is 17.0 Å². The molecular weight excluding hydrogens is 438 g/mol. The lowest BCUT2D eigenvalue weighted by Gasteiger charge is -2.01. The Balaban J connectivity index is 1.62. The van der Waals surface area contributed by atoms with Crippen LogP contribution in [0.4, 0.5) is 5.69 Å². The molecule has 0 saturated heterocycles. The molecular formula is C16H12BrN5O2S2. The lowest BCUT2D eigenvalue weighted by molar-refractivity contribution is -0.384. The van der Waals surface area contributed by atoms with Crippen molar-refractivity contribution in [3.63, 3.8) is 0 Å². The van der Waals surface area contributed by atoms with Gasteiger partial charge in [-0.15, -0.1) is 11.3 Å². The number of thiazole rings is 1. The molecule has 0 atom stereocenters. The van der Waals surface area contributed by atoms with Gasteiger partial charge in [-0.2, -0.15) is 0 Å². The Kier molecular flexibility index (Phi) is 4.41. The number of imidazole rings is 1. The summed E-state index contributed by atoms with van der Waals surface area (Å²) in [5.74, 6) is 1.30. The van der Waals surface area contributed by atoms with Gasteiger partial charge in [0.2, 0.25) is 5.78 Å². The van der Waals surface area contributed by atoms with Gasteiger partial charge < -0.3 is 0 Å². The van der Waals surface area contributed by atoms with Crippen LogP contribution in [0.1, 0.15) is 17.1 Å². The second-order valence-electron chi connectivity index (χ2n) is 5.70. The Morgan fingerprint density at radius 3 is 2.85 bits per heavy atom. The van der Waals surface area contributed by atoms with Gasteiger partial charge >= 0.3 is 0 Å². The highest BCUT2D eigenvalue weighted by Crippen LogP contribution is 2.34. The Morgan fingerprint density at radius 2 is 2.08 bits per heavy atom. The summed E-state index contributed by atoms with van der Waals surface area (Å²) in [6.45, 7) is 3.97. The topological polar surface area (TPSA) is 86.2 Å². The molecule has 3 heterocycles. The van der Waals surface area contributed by atoms with Crippen molar-refractivity contribution >= 4 is 60.7 Å². The average Bonchev–Trinajstić information content (AvgIpc) is 3.12. The molecule has 0 radical (unpaired) electrons. The lowest BCUT2D eigenvalue weighted by atomic mass is 10.3. The maximum atomic E-state index is 10.9. The lowest BCUT2D eigenvalue weighted by Crippen LogP contribution is -1.96. The van der Waals surface area contributed by atoms with E-state index in [2.05, 4.69) is 30.9 Å². The van der Waals surface area contributed by atoms with Gasteiger partial charge in [-0.05, 0) is 41.9 Å². The Hall–Kier alpha value is -2.04. The van der Waals surface area contributed by atoms with Crippen LogP contribution in [0.2, 0.25) is 0 Å². The predicted molar refractivity (Wildman–Crippen MR) is 106 cm³/mol. The molecule has 0 unspecified atom stereocenters. The highest BCUT2D eigenvalue weighted by Gasteiger charge is 2.15. The molecule has 10 heteroatoms. The van der Waals surface area contributed by atoms with E-state index >= 15 is 0 Å². The van der Waals surface area contributed by atoms with Gasteiger partial charge in [0.1, 0.15) is 4.60 Å². The Bertz CT molecular complexity index is 1170. The van der Waals surface area contributed by atoms with Gasteiger partial charge in [-0.25, -0.2) is 15.0 Å². The monoisotopic (exact) mass is 449 g/mol. The molecule has 0 spiro atoms. The number of aryl methyl sites for hydroxylation is 2. The second kappa shape index (κ2) is 6.60. The van der Waals surface area contributed by atoms with E-state index in [1.165, 1.54) is 23.5 Å². The Labute approximate surface area is 164 Å². The zero-order valence-electron chi connectivity index (χ0n) is 13.8. The maximum Gasteiger partial charge on any atom is 0.271 e. The van der Waals surface area contributed by atoms with Crippen molar-refractivity contribution in [2.24, 2.45) is 0 Å². The van der Waals surface area contributed by atoms with Crippen LogP contribution in [-0.2, 0) is 5.75 Å². The summed E-state index contributed by atoms with van der Waals surface area (Å²) in [4.78, 5) is 24.1. The van der Waals surface area contributed by atoms with Crippen LogP contribution in [-0.4, -0.2) is 24.3 Å². The molecule has 0 fully saturated rings. The molecule has 0 amide bonds. The molecule has 3 aromatic heterocycles. The summed E-state index contributed by atoms with van der Waals surface area (Å²) in [7, 11) is 0. The number of nitrogens with zero attached hydrogens (tertiary/aromatic N) is 5. The van der Waals surface area contributed by atoms with Crippen molar-refractivity contribution in [3.05, 3.63) is 56.1 Å². The van der Waals surface area contributed by atoms with Crippen molar-refractivity contribution in [1.29, 1.82) is 0 Å². The van der Waals surface area contributed by atoms with Crippen LogP contribution in [0.5, 0.6) is 0 Å². The zero-order chi connectivity index (χ0) is 18.4. The van der Waals surface area contributed by atoms with E-state index in [0.717, 1.165) is 30.7 Å². The molecule has 0 aliphatic carbocycles. The van der Waals surface area contributed by atoms with E-state index < -0.39 is 4.92 Å². The molecule has 4 rings (SSSR count). The Morgan fingerprint density at radius 1 is 1.27 bits per heavy atom. The number of hydrogen-bond donors (Lipinski definition) is 0. The first-order chi connectivity index (χ1) is 12.4. The number of rotatable bonds is 4. The first-order valence-electron chi connectivity index (χ1n) is 7.61. The van der Waals surface area contributed by atoms with Gasteiger partial charge in [0.05, 0.1) is 20.8 Å². The number of halogens is 1. The number of aromatic nitrogens is 4. The molecule has 0 aliphatic rings. The van der Waals surface area contributed by atoms with E-state index in [-0.39, 0.29) is 5.69 Å². The third kappa shape index (κ3) is 3.08. The van der Waals surface area contributed by atoms with Crippen molar-refractivity contribution in [2.45, 2.75) is 23.9 Å². The molecule has 0 bridgehead atoms. The van der Waals surface area contributed by atoms with Crippen LogP contribution in [0.15, 0.2) is 33.2 Å². The van der Waals surface area contributed by atoms with Crippen molar-refractivity contribution in [1.82, 2.24) is 19.4 Å². The number of hydrogen-bond acceptors (Lipinski definition) is 7. The van der Waals surface area contributed by atoms with Crippen molar-refractivity contribution < 1.29 is 4.92 Å². The quantitative estimate of drug-likeness (QED) is 0.249. The summed E-state index contributed by atoms with van der Waals surface area (Å²) >= 11 is 6.69. The number of non-ortho nitro benzene ring substituents is 1. The van der Waals surface area contributed by atoms with Gasteiger partial charge in [0.25, 0.3) is 5.69 Å². The zero-order valence-corrected chi connectivity index (χ0v) is 17.0. The van der Waals surface area contributed by atoms with Gasteiger partial charge in [0, 0.05) is 29.3 Å². The number of nitro groups is 1. The number of nitro benzene ring substituents is 1. The van der Waals surface area contributed by atoms with Gasteiger partial charge in [0.15, 0.2) is 4.34 Å². The fraction of sp³-hybridized carbons (Fsp3) is 0.188. The van der Waals surface area contributed by atoms with Crippen molar-refractivity contribution in [3.8, 4) is 0 Å². The van der Waals surface area contributed by atoms with Crippen LogP contribution in [0.25, 0.3) is 16.0 Å². The van der Waals surface area contributed by atoms with Crippen LogP contribution >= 0.6 is 39.0 Å². The van der Waals surface area contributed by atoms with Crippen LogP contribution in [0, 0.1) is 24.0 Å². The molecule has 0 N–H and O–H groups in total. The van der Waals surface area contributed by atoms with Crippen molar-refractivity contribution in [2.75, 3.05) is 0 Å². The fourth-order valence-electron chi connectivity index (χ4n) is 2.67. The maximum absolute atomic E-state index is 10.9. The first kappa shape index (κ1) is 17.4. The highest BCUT2D eigenvalue weighted by molar-refractivity contribution is 9.10. The summed E-state index contributed by atoms with van der Waals surface area (Å²) < 4.78 is 4.65. The third-order valence-corrected chi connectivity index (χ3v) is 6.81. The molecule has 0 saturated carbocycles. The number of fused-ring (bicyclic) bond motifs is 2. The molecule has 4 aromatic rings. The first-order valence-corrected chi connectivity index (χ1v) is 10.2. The van der Waals surface area contributed by atoms with E-state index in [4.69, 9.17) is 0 Å². The van der Waals surface area contributed by atoms with Gasteiger partial charge in [-0.1, -0.05) is 11.8 Å². The van der Waals surface area contributed by atoms with E-state index in [9.17, 15) is 10.1 Å². The van der Waals surface area contributed by atoms with E-state index in [1.54, 1.807) is 17.8 Å². The minimum atomic E-state index is -0.406. The predicted octanol–water partition coefficient (Wildman–Crippen LogP) is 4.92. The SMILES string of the molecule is Cc1cc(C)n2c(Br)c(CSc3nc4cc([N+](=O)[O-])ccc4s3)nc2n1. The molecule has 0 aliphatic heterocycles. The number of thioether (sulfide) groups is 1. The normalized spacial score (nSPS) is 11.5. The minimum Gasteiger partial charge on any atom is -0.275 e. The summed E-state index contributed by atoms with van der Waals surface area (Å²) in [5.41, 5.74) is 3.59. The second-order valence-corrected chi connectivity index (χ2v) is 8.71. The van der Waals surface area contributed by atoms with E-state index in [1.807, 2.05) is 24.3 Å². The molecule has 1 aromatic carbocycles. The molecule has 7 nitrogen and oxygen atoms in total. The minimum absolute atomic E-state index is 0.0550. The standard InChI is InChI=1S/C16H12BrN5O2S2/c1-8-5-9(2)21-14(17)12(19-15(21)18-8)7-25-16-20-11-6-10(22(23)24)3-4-13(11)26-16/h3-6H,7H2,1-2H3. The third-order valence-electron chi connectivity index (χ3n) is 3.81. The number of benzene rings is 1. The molecule has 132 valence electrons. The smallest absolute Gasteiger partial charge is 0.271 e. The largest absolute Gasteiger partial charge is 0.275 e. The van der Waals surface area contributed by atoms with Gasteiger partial charge in [-0.3, -0.25) is 14.5 Å². The van der Waals surface area contributed by atoms with Crippen LogP contribution < -0.4 is 0 Å². The average molecular weight is 450 g/mol. The van der Waals surface area contributed by atoms with Crippen LogP contribution in [0.3, 0.4) is 0 Å². The molecule has 26 heavy (non-hydrogen) atoms. The highest BCUT2D eigenvalue weighted by atomic mass is 79.9. The fourth-order valence-corrected chi connectivity index (χ4v) is 5.51. The summed E-state index contributed by atoms with van der Waals surface area (Å²) in [6, 6.07) is 6.76. The summed E-state index contributed by atoms with van der Waals surface area (Å²) in [6.07, 6.45) is 0.